The van der Waals surface area contributed by atoms with E-state index in [1.54, 1.807) is 30.3 Å². The fourth-order valence-electron chi connectivity index (χ4n) is 2.71. The standard InChI is InChI=1S/C18H22ClN5O2/c1-2-23-9-11-24(12-10-23)17-8-7-16(21-22-17)20-18(25)13-26-15-5-3-14(19)4-6-15/h3-8H,2,9-13H2,1H3,(H,20,21,25). The fraction of sp³-hybridized carbons (Fsp3) is 0.389. The molecule has 0 bridgehead atoms. The van der Waals surface area contributed by atoms with Crippen molar-refractivity contribution in [3.63, 3.8) is 0 Å². The van der Waals surface area contributed by atoms with Crippen molar-refractivity contribution in [1.29, 1.82) is 0 Å². The Kier molecular flexibility index (Phi) is 6.25. The first-order chi connectivity index (χ1) is 12.6. The number of anilines is 2. The van der Waals surface area contributed by atoms with E-state index < -0.39 is 0 Å². The highest BCUT2D eigenvalue weighted by atomic mass is 35.5. The third-order valence-corrected chi connectivity index (χ3v) is 4.50. The number of nitrogens with one attached hydrogen (secondary N) is 1. The molecule has 8 heteroatoms. The summed E-state index contributed by atoms with van der Waals surface area (Å²) in [6.45, 7) is 7.06. The third-order valence-electron chi connectivity index (χ3n) is 4.25. The molecule has 3 rings (SSSR count). The molecule has 1 aromatic carbocycles. The molecular formula is C18H22ClN5O2. The maximum Gasteiger partial charge on any atom is 0.263 e. The predicted molar refractivity (Wildman–Crippen MR) is 102 cm³/mol. The van der Waals surface area contributed by atoms with Gasteiger partial charge in [0.15, 0.2) is 18.2 Å². The number of hydrogen-bond acceptors (Lipinski definition) is 6. The van der Waals surface area contributed by atoms with Crippen LogP contribution in [0.4, 0.5) is 11.6 Å². The van der Waals surface area contributed by atoms with Gasteiger partial charge in [0.25, 0.3) is 5.91 Å². The Balaban J connectivity index is 1.47. The zero-order valence-corrected chi connectivity index (χ0v) is 15.4. The van der Waals surface area contributed by atoms with E-state index in [1.807, 2.05) is 6.07 Å². The third kappa shape index (κ3) is 5.06. The van der Waals surface area contributed by atoms with Crippen molar-refractivity contribution >= 4 is 29.1 Å². The number of hydrogen-bond donors (Lipinski definition) is 1. The van der Waals surface area contributed by atoms with Crippen molar-refractivity contribution in [2.45, 2.75) is 6.92 Å². The first-order valence-corrected chi connectivity index (χ1v) is 9.01. The lowest BCUT2D eigenvalue weighted by Gasteiger charge is -2.34. The highest BCUT2D eigenvalue weighted by Crippen LogP contribution is 2.16. The van der Waals surface area contributed by atoms with Gasteiger partial charge < -0.3 is 19.9 Å². The minimum atomic E-state index is -0.293. The summed E-state index contributed by atoms with van der Waals surface area (Å²) in [6, 6.07) is 10.5. The quantitative estimate of drug-likeness (QED) is 0.835. The number of carbonyl (C=O) groups excluding carboxylic acids is 1. The van der Waals surface area contributed by atoms with E-state index >= 15 is 0 Å². The first-order valence-electron chi connectivity index (χ1n) is 8.63. The Morgan fingerprint density at radius 3 is 2.46 bits per heavy atom. The summed E-state index contributed by atoms with van der Waals surface area (Å²) in [7, 11) is 0. The van der Waals surface area contributed by atoms with Crippen molar-refractivity contribution < 1.29 is 9.53 Å². The lowest BCUT2D eigenvalue weighted by atomic mass is 10.3. The molecule has 0 radical (unpaired) electrons. The van der Waals surface area contributed by atoms with Crippen molar-refractivity contribution in [2.24, 2.45) is 0 Å². The van der Waals surface area contributed by atoms with Crippen LogP contribution in [0.15, 0.2) is 36.4 Å². The molecule has 2 heterocycles. The maximum absolute atomic E-state index is 12.0. The number of amides is 1. The van der Waals surface area contributed by atoms with Crippen LogP contribution in [0.2, 0.25) is 5.02 Å². The number of aromatic nitrogens is 2. The molecule has 1 N–H and O–H groups in total. The molecule has 7 nitrogen and oxygen atoms in total. The van der Waals surface area contributed by atoms with Crippen LogP contribution in [0.25, 0.3) is 0 Å². The molecular weight excluding hydrogens is 354 g/mol. The summed E-state index contributed by atoms with van der Waals surface area (Å²) >= 11 is 5.81. The normalized spacial score (nSPS) is 14.9. The van der Waals surface area contributed by atoms with E-state index in [-0.39, 0.29) is 12.5 Å². The average Bonchev–Trinajstić information content (AvgIpc) is 2.68. The molecule has 0 aliphatic carbocycles. The van der Waals surface area contributed by atoms with E-state index in [1.165, 1.54) is 0 Å². The Morgan fingerprint density at radius 2 is 1.85 bits per heavy atom. The zero-order chi connectivity index (χ0) is 18.4. The van der Waals surface area contributed by atoms with Gasteiger partial charge in [-0.2, -0.15) is 0 Å². The van der Waals surface area contributed by atoms with Gasteiger partial charge in [-0.05, 0) is 42.9 Å². The van der Waals surface area contributed by atoms with E-state index in [2.05, 4.69) is 32.2 Å². The number of benzene rings is 1. The minimum absolute atomic E-state index is 0.107. The van der Waals surface area contributed by atoms with Crippen LogP contribution in [-0.2, 0) is 4.79 Å². The number of rotatable bonds is 6. The number of carbonyl (C=O) groups is 1. The average molecular weight is 376 g/mol. The van der Waals surface area contributed by atoms with Crippen molar-refractivity contribution in [3.8, 4) is 5.75 Å². The number of piperazine rings is 1. The smallest absolute Gasteiger partial charge is 0.263 e. The molecule has 0 saturated carbocycles. The van der Waals surface area contributed by atoms with Crippen LogP contribution >= 0.6 is 11.6 Å². The molecule has 2 aromatic rings. The topological polar surface area (TPSA) is 70.6 Å². The summed E-state index contributed by atoms with van der Waals surface area (Å²) < 4.78 is 5.40. The van der Waals surface area contributed by atoms with Crippen LogP contribution in [0.1, 0.15) is 6.92 Å². The van der Waals surface area contributed by atoms with E-state index in [9.17, 15) is 4.79 Å². The SMILES string of the molecule is CCN1CCN(c2ccc(NC(=O)COc3ccc(Cl)cc3)nn2)CC1. The van der Waals surface area contributed by atoms with Crippen molar-refractivity contribution in [2.75, 3.05) is 49.5 Å². The van der Waals surface area contributed by atoms with Gasteiger partial charge in [0.05, 0.1) is 0 Å². The van der Waals surface area contributed by atoms with E-state index in [0.29, 0.717) is 16.6 Å². The van der Waals surface area contributed by atoms with Gasteiger partial charge in [-0.25, -0.2) is 0 Å². The number of ether oxygens (including phenoxy) is 1. The van der Waals surface area contributed by atoms with Crippen molar-refractivity contribution in [1.82, 2.24) is 15.1 Å². The Morgan fingerprint density at radius 1 is 1.12 bits per heavy atom. The molecule has 26 heavy (non-hydrogen) atoms. The van der Waals surface area contributed by atoms with Crippen LogP contribution in [0, 0.1) is 0 Å². The second-order valence-electron chi connectivity index (χ2n) is 5.99. The fourth-order valence-corrected chi connectivity index (χ4v) is 2.84. The minimum Gasteiger partial charge on any atom is -0.484 e. The van der Waals surface area contributed by atoms with E-state index in [4.69, 9.17) is 16.3 Å². The molecule has 0 atom stereocenters. The first kappa shape index (κ1) is 18.4. The van der Waals surface area contributed by atoms with Crippen LogP contribution in [0.3, 0.4) is 0 Å². The van der Waals surface area contributed by atoms with Gasteiger partial charge in [-0.3, -0.25) is 4.79 Å². The number of halogens is 1. The van der Waals surface area contributed by atoms with E-state index in [0.717, 1.165) is 38.5 Å². The van der Waals surface area contributed by atoms with Crippen LogP contribution in [-0.4, -0.2) is 60.3 Å². The Hall–Kier alpha value is -2.38. The summed E-state index contributed by atoms with van der Waals surface area (Å²) in [6.07, 6.45) is 0. The van der Waals surface area contributed by atoms with Gasteiger partial charge in [-0.15, -0.1) is 10.2 Å². The summed E-state index contributed by atoms with van der Waals surface area (Å²) in [5, 5.41) is 11.6. The Labute approximate surface area is 157 Å². The number of nitrogens with zero attached hydrogens (tertiary/aromatic N) is 4. The highest BCUT2D eigenvalue weighted by Gasteiger charge is 2.17. The highest BCUT2D eigenvalue weighted by molar-refractivity contribution is 6.30. The molecule has 1 saturated heterocycles. The van der Waals surface area contributed by atoms with Gasteiger partial charge in [0.2, 0.25) is 0 Å². The molecule has 138 valence electrons. The van der Waals surface area contributed by atoms with Gasteiger partial charge in [0.1, 0.15) is 5.75 Å². The molecule has 0 spiro atoms. The van der Waals surface area contributed by atoms with Gasteiger partial charge in [-0.1, -0.05) is 18.5 Å². The molecule has 1 fully saturated rings. The largest absolute Gasteiger partial charge is 0.484 e. The van der Waals surface area contributed by atoms with Gasteiger partial charge in [0, 0.05) is 31.2 Å². The zero-order valence-electron chi connectivity index (χ0n) is 14.7. The summed E-state index contributed by atoms with van der Waals surface area (Å²) in [4.78, 5) is 16.6. The molecule has 1 aromatic heterocycles. The maximum atomic E-state index is 12.0. The summed E-state index contributed by atoms with van der Waals surface area (Å²) in [5.41, 5.74) is 0. The lowest BCUT2D eigenvalue weighted by Crippen LogP contribution is -2.46. The van der Waals surface area contributed by atoms with Crippen LogP contribution in [0.5, 0.6) is 5.75 Å². The lowest BCUT2D eigenvalue weighted by molar-refractivity contribution is -0.118. The second-order valence-corrected chi connectivity index (χ2v) is 6.43. The van der Waals surface area contributed by atoms with Crippen LogP contribution < -0.4 is 15.0 Å². The van der Waals surface area contributed by atoms with Crippen molar-refractivity contribution in [3.05, 3.63) is 41.4 Å². The Bertz CT molecular complexity index is 715. The molecule has 0 unspecified atom stereocenters. The monoisotopic (exact) mass is 375 g/mol. The number of likely N-dealkylation sites (N-methyl/N-ethyl adjacent to an activating group) is 1. The predicted octanol–water partition coefficient (Wildman–Crippen LogP) is 2.29. The molecule has 1 amide bonds. The molecule has 1 aliphatic heterocycles. The molecule has 1 aliphatic rings. The second kappa shape index (κ2) is 8.82. The summed E-state index contributed by atoms with van der Waals surface area (Å²) in [5.74, 6) is 1.53. The van der Waals surface area contributed by atoms with Gasteiger partial charge >= 0.3 is 0 Å².